The van der Waals surface area contributed by atoms with E-state index in [4.69, 9.17) is 9.47 Å². The number of likely N-dealkylation sites (N-methyl/N-ethyl adjacent to an activating group) is 1. The zero-order chi connectivity index (χ0) is 9.84. The topological polar surface area (TPSA) is 21.7 Å². The van der Waals surface area contributed by atoms with Crippen LogP contribution in [0.4, 0.5) is 0 Å². The Morgan fingerprint density at radius 1 is 1.46 bits per heavy atom. The van der Waals surface area contributed by atoms with E-state index in [1.54, 1.807) is 7.11 Å². The van der Waals surface area contributed by atoms with Crippen molar-refractivity contribution in [2.75, 3.05) is 27.3 Å². The van der Waals surface area contributed by atoms with Crippen LogP contribution in [0.5, 0.6) is 0 Å². The lowest BCUT2D eigenvalue weighted by atomic mass is 10.2. The van der Waals surface area contributed by atoms with Crippen molar-refractivity contribution in [2.24, 2.45) is 0 Å². The summed E-state index contributed by atoms with van der Waals surface area (Å²) in [7, 11) is 3.88. The first-order chi connectivity index (χ1) is 6.15. The number of nitrogens with zero attached hydrogens (tertiary/aromatic N) is 1. The molecule has 3 nitrogen and oxygen atoms in total. The molecule has 1 rings (SSSR count). The minimum absolute atomic E-state index is 0.316. The summed E-state index contributed by atoms with van der Waals surface area (Å²) < 4.78 is 11.0. The molecule has 1 fully saturated rings. The molecule has 0 aromatic rings. The van der Waals surface area contributed by atoms with E-state index in [2.05, 4.69) is 25.8 Å². The summed E-state index contributed by atoms with van der Waals surface area (Å²) in [5.74, 6) is 0. The fourth-order valence-corrected chi connectivity index (χ4v) is 1.89. The smallest absolute Gasteiger partial charge is 0.0768 e. The van der Waals surface area contributed by atoms with Crippen molar-refractivity contribution in [1.82, 2.24) is 4.90 Å². The summed E-state index contributed by atoms with van der Waals surface area (Å²) >= 11 is 0. The average molecular weight is 187 g/mol. The molecule has 1 aliphatic heterocycles. The molecular formula is C10H21NO2. The van der Waals surface area contributed by atoms with E-state index >= 15 is 0 Å². The molecule has 1 aliphatic rings. The highest BCUT2D eigenvalue weighted by atomic mass is 16.5. The lowest BCUT2D eigenvalue weighted by Gasteiger charge is -2.25. The van der Waals surface area contributed by atoms with Gasteiger partial charge in [-0.25, -0.2) is 0 Å². The molecule has 0 bridgehead atoms. The Labute approximate surface area is 81.0 Å². The minimum atomic E-state index is 0.316. The predicted molar refractivity (Wildman–Crippen MR) is 52.9 cm³/mol. The molecule has 0 saturated carbocycles. The van der Waals surface area contributed by atoms with E-state index in [1.165, 1.54) is 0 Å². The maximum Gasteiger partial charge on any atom is 0.0768 e. The molecule has 0 aromatic heterocycles. The zero-order valence-electron chi connectivity index (χ0n) is 9.12. The van der Waals surface area contributed by atoms with Crippen LogP contribution in [0, 0.1) is 0 Å². The first-order valence-electron chi connectivity index (χ1n) is 4.99. The Hall–Kier alpha value is -0.120. The normalized spacial score (nSPS) is 30.2. The molecule has 0 N–H and O–H groups in total. The van der Waals surface area contributed by atoms with Gasteiger partial charge < -0.3 is 9.47 Å². The third-order valence-electron chi connectivity index (χ3n) is 2.55. The van der Waals surface area contributed by atoms with Crippen molar-refractivity contribution in [1.29, 1.82) is 0 Å². The number of hydrogen-bond donors (Lipinski definition) is 0. The van der Waals surface area contributed by atoms with E-state index in [9.17, 15) is 0 Å². The van der Waals surface area contributed by atoms with Gasteiger partial charge in [-0.1, -0.05) is 0 Å². The second-order valence-electron chi connectivity index (χ2n) is 4.02. The third-order valence-corrected chi connectivity index (χ3v) is 2.55. The molecule has 1 unspecified atom stereocenters. The van der Waals surface area contributed by atoms with Gasteiger partial charge in [0.15, 0.2) is 0 Å². The van der Waals surface area contributed by atoms with Gasteiger partial charge in [-0.2, -0.15) is 0 Å². The second kappa shape index (κ2) is 4.94. The fraction of sp³-hybridized carbons (Fsp3) is 1.00. The summed E-state index contributed by atoms with van der Waals surface area (Å²) in [6.07, 6.45) is 1.80. The fourth-order valence-electron chi connectivity index (χ4n) is 1.89. The molecule has 0 spiro atoms. The Morgan fingerprint density at radius 2 is 2.15 bits per heavy atom. The van der Waals surface area contributed by atoms with Crippen LogP contribution in [0.15, 0.2) is 0 Å². The van der Waals surface area contributed by atoms with Gasteiger partial charge in [0, 0.05) is 13.7 Å². The molecule has 0 radical (unpaired) electrons. The van der Waals surface area contributed by atoms with E-state index in [1.807, 2.05) is 0 Å². The highest BCUT2D eigenvalue weighted by Crippen LogP contribution is 2.20. The summed E-state index contributed by atoms with van der Waals surface area (Å²) in [6.45, 7) is 6.06. The summed E-state index contributed by atoms with van der Waals surface area (Å²) in [6, 6.07) is 0.437. The quantitative estimate of drug-likeness (QED) is 0.658. The number of hydrogen-bond acceptors (Lipinski definition) is 3. The molecule has 0 aliphatic carbocycles. The lowest BCUT2D eigenvalue weighted by Crippen LogP contribution is -2.38. The number of rotatable bonds is 4. The van der Waals surface area contributed by atoms with E-state index in [0.29, 0.717) is 18.2 Å². The number of ether oxygens (including phenoxy) is 2. The summed E-state index contributed by atoms with van der Waals surface area (Å²) in [5.41, 5.74) is 0. The standard InChI is InChI=1S/C10H21NO2/c1-8(2)13-10-5-6-11(3)9(10)7-12-4/h8-10H,5-7H2,1-4H3/t9?,10-/m0/s1. The maximum atomic E-state index is 5.83. The van der Waals surface area contributed by atoms with Gasteiger partial charge in [0.05, 0.1) is 24.9 Å². The summed E-state index contributed by atoms with van der Waals surface area (Å²) in [4.78, 5) is 2.32. The monoisotopic (exact) mass is 187 g/mol. The highest BCUT2D eigenvalue weighted by molar-refractivity contribution is 4.86. The number of likely N-dealkylation sites (tertiary alicyclic amines) is 1. The van der Waals surface area contributed by atoms with Crippen molar-refractivity contribution >= 4 is 0 Å². The van der Waals surface area contributed by atoms with Crippen LogP contribution in [0.1, 0.15) is 20.3 Å². The third kappa shape index (κ3) is 2.93. The SMILES string of the molecule is COCC1[C@@H](OC(C)C)CCN1C. The largest absolute Gasteiger partial charge is 0.383 e. The van der Waals surface area contributed by atoms with Gasteiger partial charge in [-0.05, 0) is 27.3 Å². The summed E-state index contributed by atoms with van der Waals surface area (Å²) in [5, 5.41) is 0. The molecule has 3 heteroatoms. The van der Waals surface area contributed by atoms with Crippen LogP contribution < -0.4 is 0 Å². The Kier molecular flexibility index (Phi) is 4.16. The average Bonchev–Trinajstić information content (AvgIpc) is 2.35. The van der Waals surface area contributed by atoms with Crippen LogP contribution in [0.25, 0.3) is 0 Å². The highest BCUT2D eigenvalue weighted by Gasteiger charge is 2.32. The van der Waals surface area contributed by atoms with Crippen LogP contribution >= 0.6 is 0 Å². The van der Waals surface area contributed by atoms with Gasteiger partial charge in [0.2, 0.25) is 0 Å². The first-order valence-corrected chi connectivity index (χ1v) is 4.99. The van der Waals surface area contributed by atoms with Crippen molar-refractivity contribution in [3.8, 4) is 0 Å². The van der Waals surface area contributed by atoms with Gasteiger partial charge >= 0.3 is 0 Å². The maximum absolute atomic E-state index is 5.83. The molecule has 2 atom stereocenters. The molecule has 0 amide bonds. The van der Waals surface area contributed by atoms with Gasteiger partial charge in [0.1, 0.15) is 0 Å². The number of methoxy groups -OCH3 is 1. The van der Waals surface area contributed by atoms with Crippen molar-refractivity contribution in [2.45, 2.75) is 38.5 Å². The molecule has 0 aromatic carbocycles. The van der Waals surface area contributed by atoms with E-state index in [0.717, 1.165) is 19.6 Å². The van der Waals surface area contributed by atoms with Crippen LogP contribution in [0.3, 0.4) is 0 Å². The lowest BCUT2D eigenvalue weighted by molar-refractivity contribution is -0.0274. The van der Waals surface area contributed by atoms with Gasteiger partial charge in [0.25, 0.3) is 0 Å². The van der Waals surface area contributed by atoms with Crippen LogP contribution in [0.2, 0.25) is 0 Å². The minimum Gasteiger partial charge on any atom is -0.383 e. The molecule has 78 valence electrons. The van der Waals surface area contributed by atoms with Gasteiger partial charge in [-0.15, -0.1) is 0 Å². The molecule has 13 heavy (non-hydrogen) atoms. The zero-order valence-corrected chi connectivity index (χ0v) is 9.12. The van der Waals surface area contributed by atoms with Crippen molar-refractivity contribution in [3.05, 3.63) is 0 Å². The Morgan fingerprint density at radius 3 is 2.69 bits per heavy atom. The molecule has 1 saturated heterocycles. The van der Waals surface area contributed by atoms with Gasteiger partial charge in [-0.3, -0.25) is 4.90 Å². The Balaban J connectivity index is 2.43. The van der Waals surface area contributed by atoms with E-state index in [-0.39, 0.29) is 0 Å². The Bertz CT molecular complexity index is 150. The predicted octanol–water partition coefficient (Wildman–Crippen LogP) is 1.13. The van der Waals surface area contributed by atoms with E-state index < -0.39 is 0 Å². The molecule has 1 heterocycles. The van der Waals surface area contributed by atoms with Crippen molar-refractivity contribution in [3.63, 3.8) is 0 Å². The molecular weight excluding hydrogens is 166 g/mol. The first kappa shape index (κ1) is 11.0. The second-order valence-corrected chi connectivity index (χ2v) is 4.02. The van der Waals surface area contributed by atoms with Crippen molar-refractivity contribution < 1.29 is 9.47 Å². The van der Waals surface area contributed by atoms with Crippen LogP contribution in [-0.2, 0) is 9.47 Å². The van der Waals surface area contributed by atoms with Crippen LogP contribution in [-0.4, -0.2) is 50.5 Å².